The molecule has 0 bridgehead atoms. The third-order valence-electron chi connectivity index (χ3n) is 2.66. The Morgan fingerprint density at radius 1 is 1.42 bits per heavy atom. The van der Waals surface area contributed by atoms with Crippen molar-refractivity contribution in [3.8, 4) is 5.75 Å². The van der Waals surface area contributed by atoms with E-state index in [0.717, 1.165) is 11.3 Å². The second-order valence-corrected chi connectivity index (χ2v) is 4.17. The zero-order valence-electron chi connectivity index (χ0n) is 10.9. The summed E-state index contributed by atoms with van der Waals surface area (Å²) in [6.07, 6.45) is 1.74. The largest absolute Gasteiger partial charge is 0.497 e. The number of nitrogens with two attached hydrogens (primary N) is 1. The van der Waals surface area contributed by atoms with E-state index in [1.54, 1.807) is 37.6 Å². The van der Waals surface area contributed by atoms with Gasteiger partial charge in [0, 0.05) is 17.4 Å². The molecule has 0 radical (unpaired) electrons. The van der Waals surface area contributed by atoms with E-state index in [2.05, 4.69) is 10.4 Å². The molecule has 0 spiro atoms. The van der Waals surface area contributed by atoms with Gasteiger partial charge in [-0.25, -0.2) is 0 Å². The van der Waals surface area contributed by atoms with Gasteiger partial charge in [-0.05, 0) is 31.2 Å². The lowest BCUT2D eigenvalue weighted by molar-refractivity contribution is -0.116. The summed E-state index contributed by atoms with van der Waals surface area (Å²) in [6.45, 7) is 1.98. The van der Waals surface area contributed by atoms with Crippen molar-refractivity contribution in [2.45, 2.75) is 13.5 Å². The van der Waals surface area contributed by atoms with Crippen LogP contribution in [-0.4, -0.2) is 22.8 Å². The number of aryl methyl sites for hydroxylation is 1. The normalized spacial score (nSPS) is 10.2. The number of nitrogens with one attached hydrogen (secondary N) is 1. The van der Waals surface area contributed by atoms with Crippen molar-refractivity contribution in [3.63, 3.8) is 0 Å². The first-order valence-corrected chi connectivity index (χ1v) is 5.82. The lowest BCUT2D eigenvalue weighted by Gasteiger charge is -2.06. The van der Waals surface area contributed by atoms with E-state index in [4.69, 9.17) is 10.5 Å². The summed E-state index contributed by atoms with van der Waals surface area (Å²) >= 11 is 0. The highest BCUT2D eigenvalue weighted by Gasteiger charge is 2.06. The molecule has 0 aliphatic rings. The lowest BCUT2D eigenvalue weighted by atomic mass is 10.3. The standard InChI is InChI=1S/C13H16N4O2/c1-9-7-17(16-13(9)14)8-12(18)15-10-3-5-11(19-2)6-4-10/h3-7H,8H2,1-2H3,(H2,14,16)(H,15,18). The average molecular weight is 260 g/mol. The number of hydrogen-bond acceptors (Lipinski definition) is 4. The molecule has 1 heterocycles. The number of carbonyl (C=O) groups is 1. The van der Waals surface area contributed by atoms with E-state index in [9.17, 15) is 4.79 Å². The number of hydrogen-bond donors (Lipinski definition) is 2. The summed E-state index contributed by atoms with van der Waals surface area (Å²) in [5.74, 6) is 1.03. The second kappa shape index (κ2) is 5.43. The summed E-state index contributed by atoms with van der Waals surface area (Å²) in [6, 6.07) is 7.12. The zero-order valence-corrected chi connectivity index (χ0v) is 10.9. The number of ether oxygens (including phenoxy) is 1. The van der Waals surface area contributed by atoms with Gasteiger partial charge in [-0.2, -0.15) is 5.10 Å². The Bertz CT molecular complexity index is 555. The molecule has 1 aromatic heterocycles. The number of carbonyl (C=O) groups excluding carboxylic acids is 1. The Balaban J connectivity index is 1.96. The first-order chi connectivity index (χ1) is 9.08. The minimum absolute atomic E-state index is 0.129. The first-order valence-electron chi connectivity index (χ1n) is 5.82. The Kier molecular flexibility index (Phi) is 3.70. The van der Waals surface area contributed by atoms with Gasteiger partial charge in [-0.3, -0.25) is 9.48 Å². The van der Waals surface area contributed by atoms with Gasteiger partial charge in [0.05, 0.1) is 7.11 Å². The summed E-state index contributed by atoms with van der Waals surface area (Å²) in [7, 11) is 1.60. The topological polar surface area (TPSA) is 82.2 Å². The molecule has 0 saturated carbocycles. The first kappa shape index (κ1) is 12.9. The van der Waals surface area contributed by atoms with Crippen LogP contribution in [0.4, 0.5) is 11.5 Å². The van der Waals surface area contributed by atoms with E-state index >= 15 is 0 Å². The van der Waals surface area contributed by atoms with E-state index in [1.807, 2.05) is 6.92 Å². The van der Waals surface area contributed by atoms with Crippen molar-refractivity contribution < 1.29 is 9.53 Å². The Hall–Kier alpha value is -2.50. The van der Waals surface area contributed by atoms with Crippen molar-refractivity contribution in [3.05, 3.63) is 36.0 Å². The van der Waals surface area contributed by atoms with Crippen LogP contribution in [0.3, 0.4) is 0 Å². The highest BCUT2D eigenvalue weighted by Crippen LogP contribution is 2.15. The van der Waals surface area contributed by atoms with Gasteiger partial charge >= 0.3 is 0 Å². The van der Waals surface area contributed by atoms with Crippen LogP contribution in [0.2, 0.25) is 0 Å². The minimum atomic E-state index is -0.160. The molecule has 100 valence electrons. The molecule has 0 saturated heterocycles. The van der Waals surface area contributed by atoms with Crippen LogP contribution in [0.25, 0.3) is 0 Å². The van der Waals surface area contributed by atoms with Crippen molar-refractivity contribution in [1.29, 1.82) is 0 Å². The Morgan fingerprint density at radius 3 is 2.63 bits per heavy atom. The molecule has 6 nitrogen and oxygen atoms in total. The molecule has 0 aliphatic carbocycles. The summed E-state index contributed by atoms with van der Waals surface area (Å²) in [4.78, 5) is 11.8. The third kappa shape index (κ3) is 3.25. The molecule has 3 N–H and O–H groups in total. The molecular weight excluding hydrogens is 244 g/mol. The molecule has 19 heavy (non-hydrogen) atoms. The highest BCUT2D eigenvalue weighted by atomic mass is 16.5. The maximum absolute atomic E-state index is 11.8. The number of nitrogen functional groups attached to an aromatic ring is 1. The second-order valence-electron chi connectivity index (χ2n) is 4.17. The van der Waals surface area contributed by atoms with Crippen LogP contribution >= 0.6 is 0 Å². The van der Waals surface area contributed by atoms with Crippen molar-refractivity contribution >= 4 is 17.4 Å². The van der Waals surface area contributed by atoms with Gasteiger partial charge in [0.1, 0.15) is 18.1 Å². The molecular formula is C13H16N4O2. The van der Waals surface area contributed by atoms with Gasteiger partial charge in [0.2, 0.25) is 5.91 Å². The van der Waals surface area contributed by atoms with Gasteiger partial charge in [0.25, 0.3) is 0 Å². The molecule has 6 heteroatoms. The fraction of sp³-hybridized carbons (Fsp3) is 0.231. The van der Waals surface area contributed by atoms with Crippen LogP contribution in [-0.2, 0) is 11.3 Å². The SMILES string of the molecule is COc1ccc(NC(=O)Cn2cc(C)c(N)n2)cc1. The monoisotopic (exact) mass is 260 g/mol. The smallest absolute Gasteiger partial charge is 0.246 e. The third-order valence-corrected chi connectivity index (χ3v) is 2.66. The van der Waals surface area contributed by atoms with E-state index in [-0.39, 0.29) is 12.5 Å². The predicted octanol–water partition coefficient (Wildman–Crippen LogP) is 1.42. The minimum Gasteiger partial charge on any atom is -0.497 e. The number of anilines is 2. The maximum Gasteiger partial charge on any atom is 0.246 e. The molecule has 2 rings (SSSR count). The molecule has 0 unspecified atom stereocenters. The molecule has 2 aromatic rings. The Morgan fingerprint density at radius 2 is 2.11 bits per heavy atom. The summed E-state index contributed by atoms with van der Waals surface area (Å²) in [5, 5.41) is 6.81. The Labute approximate surface area is 111 Å². The molecule has 1 amide bonds. The average Bonchev–Trinajstić information content (AvgIpc) is 2.69. The van der Waals surface area contributed by atoms with E-state index in [0.29, 0.717) is 11.5 Å². The van der Waals surface area contributed by atoms with Gasteiger partial charge < -0.3 is 15.8 Å². The quantitative estimate of drug-likeness (QED) is 0.871. The number of rotatable bonds is 4. The maximum atomic E-state index is 11.8. The summed E-state index contributed by atoms with van der Waals surface area (Å²) < 4.78 is 6.56. The van der Waals surface area contributed by atoms with Crippen LogP contribution in [0, 0.1) is 6.92 Å². The van der Waals surface area contributed by atoms with Crippen LogP contribution in [0.5, 0.6) is 5.75 Å². The highest BCUT2D eigenvalue weighted by molar-refractivity contribution is 5.90. The summed E-state index contributed by atoms with van der Waals surface area (Å²) in [5.41, 5.74) is 7.19. The zero-order chi connectivity index (χ0) is 13.8. The number of amides is 1. The number of benzene rings is 1. The van der Waals surface area contributed by atoms with Gasteiger partial charge in [-0.15, -0.1) is 0 Å². The predicted molar refractivity (Wildman–Crippen MR) is 73.0 cm³/mol. The fourth-order valence-corrected chi connectivity index (χ4v) is 1.64. The van der Waals surface area contributed by atoms with Crippen molar-refractivity contribution in [2.75, 3.05) is 18.2 Å². The van der Waals surface area contributed by atoms with Gasteiger partial charge in [-0.1, -0.05) is 0 Å². The lowest BCUT2D eigenvalue weighted by Crippen LogP contribution is -2.19. The van der Waals surface area contributed by atoms with Crippen molar-refractivity contribution in [1.82, 2.24) is 9.78 Å². The van der Waals surface area contributed by atoms with E-state index in [1.165, 1.54) is 4.68 Å². The molecule has 0 atom stereocenters. The van der Waals surface area contributed by atoms with Gasteiger partial charge in [0.15, 0.2) is 0 Å². The van der Waals surface area contributed by atoms with E-state index < -0.39 is 0 Å². The van der Waals surface area contributed by atoms with Crippen LogP contribution < -0.4 is 15.8 Å². The molecule has 1 aromatic carbocycles. The fourth-order valence-electron chi connectivity index (χ4n) is 1.64. The number of aromatic nitrogens is 2. The number of nitrogens with zero attached hydrogens (tertiary/aromatic N) is 2. The number of methoxy groups -OCH3 is 1. The molecule has 0 aliphatic heterocycles. The van der Waals surface area contributed by atoms with Crippen molar-refractivity contribution in [2.24, 2.45) is 0 Å². The van der Waals surface area contributed by atoms with Crippen LogP contribution in [0.1, 0.15) is 5.56 Å². The van der Waals surface area contributed by atoms with Crippen LogP contribution in [0.15, 0.2) is 30.5 Å². The molecule has 0 fully saturated rings.